The zero-order valence-corrected chi connectivity index (χ0v) is 12.9. The van der Waals surface area contributed by atoms with Crippen LogP contribution in [0.5, 0.6) is 0 Å². The summed E-state index contributed by atoms with van der Waals surface area (Å²) in [5, 5.41) is 6.78. The number of benzene rings is 2. The highest BCUT2D eigenvalue weighted by Gasteiger charge is 2.16. The summed E-state index contributed by atoms with van der Waals surface area (Å²) in [6.07, 6.45) is 0. The van der Waals surface area contributed by atoms with E-state index >= 15 is 0 Å². The van der Waals surface area contributed by atoms with Gasteiger partial charge in [0.25, 0.3) is 0 Å². The molecule has 3 nitrogen and oxygen atoms in total. The maximum atomic E-state index is 13.4. The molecule has 0 unspecified atom stereocenters. The van der Waals surface area contributed by atoms with E-state index in [-0.39, 0.29) is 5.82 Å². The van der Waals surface area contributed by atoms with Gasteiger partial charge in [-0.2, -0.15) is 5.10 Å². The number of aromatic amines is 1. The fourth-order valence-corrected chi connectivity index (χ4v) is 2.53. The standard InChI is InChI=1S/C15H10F2IN3/c16-10-5-9(6-11(17)7-10)13-14(20-21-15(13)19)8-1-3-12(18)4-2-8/h1-7H,(H3,19,20,21). The van der Waals surface area contributed by atoms with E-state index in [2.05, 4.69) is 32.8 Å². The average molecular weight is 397 g/mol. The highest BCUT2D eigenvalue weighted by molar-refractivity contribution is 14.1. The summed E-state index contributed by atoms with van der Waals surface area (Å²) in [6.45, 7) is 0. The molecule has 0 aliphatic carbocycles. The van der Waals surface area contributed by atoms with Gasteiger partial charge in [0.05, 0.1) is 11.3 Å². The lowest BCUT2D eigenvalue weighted by Crippen LogP contribution is -1.91. The molecular weight excluding hydrogens is 387 g/mol. The molecule has 0 atom stereocenters. The van der Waals surface area contributed by atoms with Crippen molar-refractivity contribution in [3.05, 3.63) is 57.7 Å². The molecule has 1 heterocycles. The minimum Gasteiger partial charge on any atom is -0.382 e. The zero-order chi connectivity index (χ0) is 15.0. The van der Waals surface area contributed by atoms with E-state index < -0.39 is 11.6 Å². The van der Waals surface area contributed by atoms with E-state index in [1.54, 1.807) is 0 Å². The van der Waals surface area contributed by atoms with Crippen LogP contribution in [0.4, 0.5) is 14.6 Å². The Morgan fingerprint density at radius 1 is 0.952 bits per heavy atom. The lowest BCUT2D eigenvalue weighted by atomic mass is 10.0. The third-order valence-corrected chi connectivity index (χ3v) is 3.80. The Hall–Kier alpha value is -1.96. The monoisotopic (exact) mass is 397 g/mol. The Kier molecular flexibility index (Phi) is 3.62. The number of nitrogens with one attached hydrogen (secondary N) is 1. The van der Waals surface area contributed by atoms with Crippen molar-refractivity contribution in [1.82, 2.24) is 10.2 Å². The largest absolute Gasteiger partial charge is 0.382 e. The van der Waals surface area contributed by atoms with Crippen molar-refractivity contribution >= 4 is 28.4 Å². The molecule has 21 heavy (non-hydrogen) atoms. The summed E-state index contributed by atoms with van der Waals surface area (Å²) < 4.78 is 27.9. The van der Waals surface area contributed by atoms with Crippen LogP contribution in [0.3, 0.4) is 0 Å². The van der Waals surface area contributed by atoms with Crippen molar-refractivity contribution in [2.75, 3.05) is 5.73 Å². The number of halogens is 3. The Morgan fingerprint density at radius 3 is 2.19 bits per heavy atom. The van der Waals surface area contributed by atoms with Gasteiger partial charge in [0.1, 0.15) is 11.6 Å². The summed E-state index contributed by atoms with van der Waals surface area (Å²) in [5.41, 5.74) is 8.18. The van der Waals surface area contributed by atoms with E-state index in [9.17, 15) is 8.78 Å². The van der Waals surface area contributed by atoms with Gasteiger partial charge in [-0.05, 0) is 52.4 Å². The first-order valence-electron chi connectivity index (χ1n) is 6.11. The van der Waals surface area contributed by atoms with Crippen LogP contribution in [0.2, 0.25) is 0 Å². The molecule has 3 rings (SSSR count). The number of aromatic nitrogens is 2. The highest BCUT2D eigenvalue weighted by atomic mass is 127. The SMILES string of the molecule is Nc1n[nH]c(-c2ccc(I)cc2)c1-c1cc(F)cc(F)c1. The number of nitrogens with two attached hydrogens (primary N) is 1. The summed E-state index contributed by atoms with van der Waals surface area (Å²) in [6, 6.07) is 11.0. The number of H-pyrrole nitrogens is 1. The van der Waals surface area contributed by atoms with E-state index in [0.717, 1.165) is 15.2 Å². The lowest BCUT2D eigenvalue weighted by molar-refractivity contribution is 0.584. The number of nitrogens with zero attached hydrogens (tertiary/aromatic N) is 1. The van der Waals surface area contributed by atoms with Crippen LogP contribution in [0.25, 0.3) is 22.4 Å². The topological polar surface area (TPSA) is 54.7 Å². The predicted molar refractivity (Wildman–Crippen MR) is 86.5 cm³/mol. The molecular formula is C15H10F2IN3. The predicted octanol–water partition coefficient (Wildman–Crippen LogP) is 4.21. The van der Waals surface area contributed by atoms with Crippen LogP contribution in [0.1, 0.15) is 0 Å². The van der Waals surface area contributed by atoms with Gasteiger partial charge in [-0.1, -0.05) is 12.1 Å². The molecule has 0 saturated heterocycles. The number of hydrogen-bond donors (Lipinski definition) is 2. The Labute approximate surface area is 133 Å². The third kappa shape index (κ3) is 2.76. The molecule has 106 valence electrons. The molecule has 2 aromatic carbocycles. The van der Waals surface area contributed by atoms with E-state index in [1.165, 1.54) is 12.1 Å². The molecule has 3 aromatic rings. The number of hydrogen-bond acceptors (Lipinski definition) is 2. The second-order valence-corrected chi connectivity index (χ2v) is 5.77. The lowest BCUT2D eigenvalue weighted by Gasteiger charge is -2.06. The first kappa shape index (κ1) is 14.0. The van der Waals surface area contributed by atoms with Crippen LogP contribution in [-0.4, -0.2) is 10.2 Å². The summed E-state index contributed by atoms with van der Waals surface area (Å²) in [7, 11) is 0. The molecule has 0 aliphatic heterocycles. The minimum absolute atomic E-state index is 0.202. The molecule has 0 fully saturated rings. The summed E-state index contributed by atoms with van der Waals surface area (Å²) in [5.74, 6) is -1.10. The van der Waals surface area contributed by atoms with Crippen LogP contribution < -0.4 is 5.73 Å². The van der Waals surface area contributed by atoms with E-state index in [4.69, 9.17) is 5.73 Å². The molecule has 0 saturated carbocycles. The van der Waals surface area contributed by atoms with Crippen molar-refractivity contribution < 1.29 is 8.78 Å². The normalized spacial score (nSPS) is 10.8. The Balaban J connectivity index is 2.19. The smallest absolute Gasteiger partial charge is 0.153 e. The number of rotatable bonds is 2. The minimum atomic E-state index is -0.654. The van der Waals surface area contributed by atoms with Gasteiger partial charge in [0.15, 0.2) is 5.82 Å². The van der Waals surface area contributed by atoms with Crippen molar-refractivity contribution in [1.29, 1.82) is 0 Å². The van der Waals surface area contributed by atoms with E-state index in [1.807, 2.05) is 24.3 Å². The van der Waals surface area contributed by atoms with Gasteiger partial charge in [-0.15, -0.1) is 0 Å². The quantitative estimate of drug-likeness (QED) is 0.637. The van der Waals surface area contributed by atoms with Gasteiger partial charge in [-0.3, -0.25) is 5.10 Å². The second kappa shape index (κ2) is 5.44. The van der Waals surface area contributed by atoms with Gasteiger partial charge in [0, 0.05) is 15.2 Å². The van der Waals surface area contributed by atoms with Gasteiger partial charge in [-0.25, -0.2) is 8.78 Å². The first-order chi connectivity index (χ1) is 10.0. The van der Waals surface area contributed by atoms with Crippen molar-refractivity contribution in [2.24, 2.45) is 0 Å². The third-order valence-electron chi connectivity index (χ3n) is 3.08. The maximum Gasteiger partial charge on any atom is 0.153 e. The molecule has 0 spiro atoms. The second-order valence-electron chi connectivity index (χ2n) is 4.52. The fourth-order valence-electron chi connectivity index (χ4n) is 2.17. The molecule has 0 bridgehead atoms. The summed E-state index contributed by atoms with van der Waals surface area (Å²) >= 11 is 2.20. The van der Waals surface area contributed by atoms with Crippen molar-refractivity contribution in [2.45, 2.75) is 0 Å². The Bertz CT molecular complexity index is 777. The molecule has 0 radical (unpaired) electrons. The molecule has 6 heteroatoms. The zero-order valence-electron chi connectivity index (χ0n) is 10.7. The van der Waals surface area contributed by atoms with Crippen molar-refractivity contribution in [3.8, 4) is 22.4 Å². The van der Waals surface area contributed by atoms with Crippen molar-refractivity contribution in [3.63, 3.8) is 0 Å². The Morgan fingerprint density at radius 2 is 1.57 bits per heavy atom. The van der Waals surface area contributed by atoms with Gasteiger partial charge < -0.3 is 5.73 Å². The van der Waals surface area contributed by atoms with Crippen LogP contribution in [0.15, 0.2) is 42.5 Å². The number of anilines is 1. The molecule has 3 N–H and O–H groups in total. The van der Waals surface area contributed by atoms with Crippen LogP contribution >= 0.6 is 22.6 Å². The van der Waals surface area contributed by atoms with E-state index in [0.29, 0.717) is 16.8 Å². The fraction of sp³-hybridized carbons (Fsp3) is 0. The van der Waals surface area contributed by atoms with Gasteiger partial charge in [0.2, 0.25) is 0 Å². The molecule has 0 aliphatic rings. The van der Waals surface area contributed by atoms with Crippen LogP contribution in [-0.2, 0) is 0 Å². The average Bonchev–Trinajstić information content (AvgIpc) is 2.80. The van der Waals surface area contributed by atoms with Gasteiger partial charge >= 0.3 is 0 Å². The number of nitrogen functional groups attached to an aromatic ring is 1. The molecule has 0 amide bonds. The van der Waals surface area contributed by atoms with Crippen LogP contribution in [0, 0.1) is 15.2 Å². The highest BCUT2D eigenvalue weighted by Crippen LogP contribution is 2.35. The first-order valence-corrected chi connectivity index (χ1v) is 7.19. The molecule has 1 aromatic heterocycles. The maximum absolute atomic E-state index is 13.4. The summed E-state index contributed by atoms with van der Waals surface area (Å²) in [4.78, 5) is 0.